The molecule has 0 spiro atoms. The lowest BCUT2D eigenvalue weighted by Gasteiger charge is -2.20. The fraction of sp³-hybridized carbons (Fsp3) is 0.487. The van der Waals surface area contributed by atoms with Crippen LogP contribution in [0.4, 0.5) is 0 Å². The van der Waals surface area contributed by atoms with Crippen LogP contribution in [-0.4, -0.2) is 12.6 Å². The summed E-state index contributed by atoms with van der Waals surface area (Å²) in [5, 5.41) is 0. The highest BCUT2D eigenvalue weighted by Crippen LogP contribution is 2.41. The molecule has 0 aromatic heterocycles. The molecule has 0 N–H and O–H groups in total. The van der Waals surface area contributed by atoms with Crippen LogP contribution in [0.3, 0.4) is 0 Å². The number of hydrogen-bond donors (Lipinski definition) is 0. The Morgan fingerprint density at radius 2 is 0.864 bits per heavy atom. The highest BCUT2D eigenvalue weighted by molar-refractivity contribution is 9.11. The summed E-state index contributed by atoms with van der Waals surface area (Å²) in [5.41, 5.74) is 7.10. The van der Waals surface area contributed by atoms with Gasteiger partial charge in [-0.25, -0.2) is 0 Å². The first-order chi connectivity index (χ1) is 20.2. The monoisotopic (exact) mass is 788 g/mol. The lowest BCUT2D eigenvalue weighted by atomic mass is 9.84. The lowest BCUT2D eigenvalue weighted by Crippen LogP contribution is -2.12. The van der Waals surface area contributed by atoms with E-state index in [2.05, 4.69) is 141 Å². The number of hydrogen-bond acceptors (Lipinski definition) is 2. The first kappa shape index (κ1) is 38.6. The minimum atomic E-state index is 0.0849. The number of carbonyl (C=O) groups is 2. The lowest BCUT2D eigenvalue weighted by molar-refractivity contribution is 0.111. The molecular formula is C39H51Br3O2. The van der Waals surface area contributed by atoms with Crippen LogP contribution >= 0.6 is 47.8 Å². The van der Waals surface area contributed by atoms with E-state index in [4.69, 9.17) is 0 Å². The summed E-state index contributed by atoms with van der Waals surface area (Å²) in [5.74, 6) is 1.80. The van der Waals surface area contributed by atoms with Crippen LogP contribution in [0, 0.1) is 5.92 Å². The maximum absolute atomic E-state index is 10.9. The summed E-state index contributed by atoms with van der Waals surface area (Å²) in [6, 6.07) is 18.5. The predicted octanol–water partition coefficient (Wildman–Crippen LogP) is 13.2. The smallest absolute Gasteiger partial charge is 0.150 e. The fourth-order valence-corrected chi connectivity index (χ4v) is 5.90. The molecule has 0 radical (unpaired) electrons. The van der Waals surface area contributed by atoms with E-state index in [9.17, 15) is 9.59 Å². The van der Waals surface area contributed by atoms with Crippen molar-refractivity contribution in [2.75, 3.05) is 0 Å². The van der Waals surface area contributed by atoms with Crippen molar-refractivity contribution in [3.8, 4) is 0 Å². The van der Waals surface area contributed by atoms with E-state index >= 15 is 0 Å². The minimum Gasteiger partial charge on any atom is -0.298 e. The Balaban J connectivity index is 0.000000217. The van der Waals surface area contributed by atoms with E-state index in [0.717, 1.165) is 43.0 Å². The summed E-state index contributed by atoms with van der Waals surface area (Å²) in [7, 11) is 0. The molecular weight excluding hydrogens is 740 g/mol. The van der Waals surface area contributed by atoms with Crippen molar-refractivity contribution in [1.29, 1.82) is 0 Å². The van der Waals surface area contributed by atoms with Gasteiger partial charge in [0.25, 0.3) is 0 Å². The van der Waals surface area contributed by atoms with Gasteiger partial charge in [0.05, 0.1) is 0 Å². The van der Waals surface area contributed by atoms with Crippen LogP contribution in [-0.2, 0) is 16.2 Å². The molecule has 2 nitrogen and oxygen atoms in total. The van der Waals surface area contributed by atoms with Gasteiger partial charge in [0.1, 0.15) is 12.6 Å². The first-order valence-corrected chi connectivity index (χ1v) is 17.9. The summed E-state index contributed by atoms with van der Waals surface area (Å²) in [6.45, 7) is 21.9. The summed E-state index contributed by atoms with van der Waals surface area (Å²) in [6.07, 6.45) is 7.37. The van der Waals surface area contributed by atoms with Crippen molar-refractivity contribution >= 4 is 60.4 Å². The zero-order valence-corrected chi connectivity index (χ0v) is 33.0. The number of benzene rings is 3. The molecule has 0 heterocycles. The molecule has 3 aromatic rings. The third kappa shape index (κ3) is 14.3. The molecule has 0 saturated heterocycles. The van der Waals surface area contributed by atoms with Crippen molar-refractivity contribution in [3.63, 3.8) is 0 Å². The summed E-state index contributed by atoms with van der Waals surface area (Å²) in [4.78, 5) is 21.5. The number of halogens is 3. The van der Waals surface area contributed by atoms with Crippen LogP contribution in [0.15, 0.2) is 68.0 Å². The van der Waals surface area contributed by atoms with E-state index < -0.39 is 0 Å². The van der Waals surface area contributed by atoms with E-state index in [0.29, 0.717) is 5.92 Å². The normalized spacial score (nSPS) is 14.6. The molecule has 0 atom stereocenters. The topological polar surface area (TPSA) is 34.1 Å². The SMILES string of the molecule is CC(C)(C)c1cc(Br)cc(Br)c1.CC(C)(C)c1cc(Br)cc(C=O)c1.CC(C)(C)c1cc(C=O)cc(C2CC2)c1.CC1CC1. The second kappa shape index (κ2) is 16.3. The van der Waals surface area contributed by atoms with Crippen LogP contribution in [0.25, 0.3) is 0 Å². The van der Waals surface area contributed by atoms with Gasteiger partial charge >= 0.3 is 0 Å². The highest BCUT2D eigenvalue weighted by Gasteiger charge is 2.26. The van der Waals surface area contributed by atoms with Gasteiger partial charge < -0.3 is 0 Å². The largest absolute Gasteiger partial charge is 0.298 e. The van der Waals surface area contributed by atoms with E-state index in [1.54, 1.807) is 0 Å². The average molecular weight is 792 g/mol. The highest BCUT2D eigenvalue weighted by atomic mass is 79.9. The van der Waals surface area contributed by atoms with Crippen LogP contribution in [0.2, 0.25) is 0 Å². The molecule has 0 aliphatic heterocycles. The van der Waals surface area contributed by atoms with Crippen molar-refractivity contribution in [1.82, 2.24) is 0 Å². The maximum Gasteiger partial charge on any atom is 0.150 e. The minimum absolute atomic E-state index is 0.0849. The van der Waals surface area contributed by atoms with E-state index in [-0.39, 0.29) is 16.2 Å². The second-order valence-electron chi connectivity index (χ2n) is 15.3. The third-order valence-corrected chi connectivity index (χ3v) is 8.92. The van der Waals surface area contributed by atoms with Gasteiger partial charge in [-0.15, -0.1) is 0 Å². The molecule has 2 aliphatic carbocycles. The molecule has 0 amide bonds. The summed E-state index contributed by atoms with van der Waals surface area (Å²) >= 11 is 10.3. The van der Waals surface area contributed by atoms with Crippen LogP contribution in [0.1, 0.15) is 144 Å². The predicted molar refractivity (Wildman–Crippen MR) is 200 cm³/mol. The number of aldehydes is 2. The van der Waals surface area contributed by atoms with Crippen molar-refractivity contribution < 1.29 is 9.59 Å². The molecule has 3 aromatic carbocycles. The molecule has 240 valence electrons. The standard InChI is InChI=1S/C14H18O.C11H13BrO.C10H12Br2.C4H8/c1-14(2,3)13-7-10(9-15)6-12(8-13)11-4-5-11;1-11(2,3)9-4-8(7-13)5-10(12)6-9;1-10(2,3)7-4-8(11)6-9(12)5-7;1-4-2-3-4/h6-9,11H,4-5H2,1-3H3;4-7H,1-3H3;4-6H,1-3H3;4H,2-3H2,1H3. The Labute approximate surface area is 292 Å². The molecule has 44 heavy (non-hydrogen) atoms. The Bertz CT molecular complexity index is 1380. The second-order valence-corrected chi connectivity index (χ2v) is 18.0. The van der Waals surface area contributed by atoms with Crippen molar-refractivity contribution in [3.05, 3.63) is 101 Å². The van der Waals surface area contributed by atoms with Crippen molar-refractivity contribution in [2.24, 2.45) is 5.92 Å². The molecule has 5 rings (SSSR count). The Morgan fingerprint density at radius 3 is 1.20 bits per heavy atom. The molecule has 0 unspecified atom stereocenters. The quantitative estimate of drug-likeness (QED) is 0.248. The van der Waals surface area contributed by atoms with Gasteiger partial charge in [0.2, 0.25) is 0 Å². The number of rotatable bonds is 3. The Hall–Kier alpha value is -1.56. The van der Waals surface area contributed by atoms with E-state index in [1.807, 2.05) is 30.3 Å². The number of carbonyl (C=O) groups excluding carboxylic acids is 2. The third-order valence-electron chi connectivity index (χ3n) is 7.55. The Morgan fingerprint density at radius 1 is 0.523 bits per heavy atom. The van der Waals surface area contributed by atoms with Gasteiger partial charge in [-0.3, -0.25) is 9.59 Å². The fourth-order valence-electron chi connectivity index (χ4n) is 4.10. The first-order valence-electron chi connectivity index (χ1n) is 15.6. The van der Waals surface area contributed by atoms with Gasteiger partial charge in [0, 0.05) is 24.5 Å². The van der Waals surface area contributed by atoms with Crippen LogP contribution < -0.4 is 0 Å². The van der Waals surface area contributed by atoms with E-state index in [1.165, 1.54) is 47.9 Å². The molecule has 5 heteroatoms. The van der Waals surface area contributed by atoms with Crippen molar-refractivity contribution in [2.45, 2.75) is 117 Å². The molecule has 2 saturated carbocycles. The molecule has 0 bridgehead atoms. The zero-order valence-electron chi connectivity index (χ0n) is 28.3. The van der Waals surface area contributed by atoms with Gasteiger partial charge in [-0.1, -0.05) is 136 Å². The van der Waals surface area contributed by atoms with Gasteiger partial charge in [-0.05, 0) is 112 Å². The van der Waals surface area contributed by atoms with Gasteiger partial charge in [0.15, 0.2) is 0 Å². The average Bonchev–Trinajstić information content (AvgIpc) is 3.84. The molecule has 2 aliphatic rings. The Kier molecular flexibility index (Phi) is 14.3. The molecule has 2 fully saturated rings. The van der Waals surface area contributed by atoms with Crippen LogP contribution in [0.5, 0.6) is 0 Å². The zero-order chi connectivity index (χ0) is 33.5. The summed E-state index contributed by atoms with van der Waals surface area (Å²) < 4.78 is 3.21. The maximum atomic E-state index is 10.9. The van der Waals surface area contributed by atoms with Gasteiger partial charge in [-0.2, -0.15) is 0 Å².